The minimum absolute atomic E-state index is 0.0901. The third-order valence-corrected chi connectivity index (χ3v) is 5.12. The van der Waals surface area contributed by atoms with Crippen molar-refractivity contribution < 1.29 is 9.63 Å². The molecule has 3 heterocycles. The first-order chi connectivity index (χ1) is 10.8. The Labute approximate surface area is 134 Å². The van der Waals surface area contributed by atoms with E-state index in [2.05, 4.69) is 20.3 Å². The van der Waals surface area contributed by atoms with E-state index >= 15 is 0 Å². The summed E-state index contributed by atoms with van der Waals surface area (Å²) in [5, 5.41) is 24.3. The summed E-state index contributed by atoms with van der Waals surface area (Å²) in [5.41, 5.74) is 0. The van der Waals surface area contributed by atoms with E-state index in [0.29, 0.717) is 29.3 Å². The number of thiophene rings is 1. The number of aliphatic hydroxyl groups excluding tert-OH is 1. The highest BCUT2D eigenvalue weighted by atomic mass is 32.2. The SMILES string of the molecule is OCc1nnc(SCc2nc(-c3cccs3)no2)n1C1CC1. The lowest BCUT2D eigenvalue weighted by Gasteiger charge is -2.05. The van der Waals surface area contributed by atoms with Crippen molar-refractivity contribution in [2.75, 3.05) is 0 Å². The van der Waals surface area contributed by atoms with Crippen molar-refractivity contribution >= 4 is 23.1 Å². The van der Waals surface area contributed by atoms with Gasteiger partial charge in [-0.3, -0.25) is 0 Å². The molecule has 1 N–H and O–H groups in total. The van der Waals surface area contributed by atoms with Crippen molar-refractivity contribution in [2.24, 2.45) is 0 Å². The van der Waals surface area contributed by atoms with E-state index in [9.17, 15) is 5.11 Å². The summed E-state index contributed by atoms with van der Waals surface area (Å²) in [6, 6.07) is 4.34. The smallest absolute Gasteiger partial charge is 0.237 e. The van der Waals surface area contributed by atoms with E-state index in [1.54, 1.807) is 11.3 Å². The van der Waals surface area contributed by atoms with Crippen LogP contribution in [0.1, 0.15) is 30.6 Å². The lowest BCUT2D eigenvalue weighted by Crippen LogP contribution is -2.02. The molecule has 1 saturated carbocycles. The van der Waals surface area contributed by atoms with Gasteiger partial charge in [-0.1, -0.05) is 23.0 Å². The maximum Gasteiger partial charge on any atom is 0.237 e. The molecule has 7 nitrogen and oxygen atoms in total. The summed E-state index contributed by atoms with van der Waals surface area (Å²) >= 11 is 3.08. The maximum atomic E-state index is 9.33. The summed E-state index contributed by atoms with van der Waals surface area (Å²) < 4.78 is 7.29. The maximum absolute atomic E-state index is 9.33. The summed E-state index contributed by atoms with van der Waals surface area (Å²) in [4.78, 5) is 5.38. The Hall–Kier alpha value is -1.71. The zero-order chi connectivity index (χ0) is 14.9. The van der Waals surface area contributed by atoms with Gasteiger partial charge in [0, 0.05) is 6.04 Å². The molecule has 114 valence electrons. The van der Waals surface area contributed by atoms with E-state index < -0.39 is 0 Å². The fourth-order valence-corrected chi connectivity index (χ4v) is 3.67. The fourth-order valence-electron chi connectivity index (χ4n) is 2.16. The van der Waals surface area contributed by atoms with E-state index in [-0.39, 0.29) is 6.61 Å². The highest BCUT2D eigenvalue weighted by Crippen LogP contribution is 2.39. The van der Waals surface area contributed by atoms with Gasteiger partial charge in [-0.25, -0.2) is 0 Å². The molecule has 3 aromatic heterocycles. The molecule has 0 atom stereocenters. The van der Waals surface area contributed by atoms with Gasteiger partial charge < -0.3 is 14.2 Å². The minimum Gasteiger partial charge on any atom is -0.388 e. The van der Waals surface area contributed by atoms with Gasteiger partial charge in [0.05, 0.1) is 10.6 Å². The summed E-state index contributed by atoms with van der Waals surface area (Å²) in [6.07, 6.45) is 2.23. The van der Waals surface area contributed by atoms with Crippen LogP contribution in [0.4, 0.5) is 0 Å². The van der Waals surface area contributed by atoms with Crippen LogP contribution in [0.25, 0.3) is 10.7 Å². The first kappa shape index (κ1) is 13.9. The van der Waals surface area contributed by atoms with Crippen molar-refractivity contribution in [1.82, 2.24) is 24.9 Å². The quantitative estimate of drug-likeness (QED) is 0.692. The van der Waals surface area contributed by atoms with E-state index in [1.165, 1.54) is 11.8 Å². The molecule has 4 rings (SSSR count). The Bertz CT molecular complexity index is 763. The second-order valence-corrected chi connectivity index (χ2v) is 6.83. The summed E-state index contributed by atoms with van der Waals surface area (Å²) in [6.45, 7) is -0.0901. The molecule has 3 aromatic rings. The summed E-state index contributed by atoms with van der Waals surface area (Å²) in [5.74, 6) is 2.33. The highest BCUT2D eigenvalue weighted by Gasteiger charge is 2.29. The van der Waals surface area contributed by atoms with Crippen LogP contribution in [0.2, 0.25) is 0 Å². The number of thioether (sulfide) groups is 1. The van der Waals surface area contributed by atoms with E-state index in [4.69, 9.17) is 4.52 Å². The van der Waals surface area contributed by atoms with Crippen LogP contribution in [0.3, 0.4) is 0 Å². The summed E-state index contributed by atoms with van der Waals surface area (Å²) in [7, 11) is 0. The Morgan fingerprint density at radius 3 is 3.05 bits per heavy atom. The van der Waals surface area contributed by atoms with Crippen molar-refractivity contribution in [1.29, 1.82) is 0 Å². The molecule has 1 aliphatic rings. The highest BCUT2D eigenvalue weighted by molar-refractivity contribution is 7.98. The standard InChI is InChI=1S/C13H13N5O2S2/c19-6-10-15-16-13(18(10)8-3-4-8)22-7-11-14-12(17-20-11)9-2-1-5-21-9/h1-2,5,8,19H,3-4,6-7H2. The number of aromatic nitrogens is 5. The Kier molecular flexibility index (Phi) is 3.68. The molecule has 0 spiro atoms. The number of hydrogen-bond donors (Lipinski definition) is 1. The predicted molar refractivity (Wildman–Crippen MR) is 81.4 cm³/mol. The predicted octanol–water partition coefficient (Wildman–Crippen LogP) is 2.51. The molecule has 0 amide bonds. The first-order valence-corrected chi connectivity index (χ1v) is 8.75. The number of hydrogen-bond acceptors (Lipinski definition) is 8. The van der Waals surface area contributed by atoms with Gasteiger partial charge >= 0.3 is 0 Å². The van der Waals surface area contributed by atoms with Crippen molar-refractivity contribution in [2.45, 2.75) is 36.4 Å². The largest absolute Gasteiger partial charge is 0.388 e. The lowest BCUT2D eigenvalue weighted by molar-refractivity contribution is 0.263. The molecule has 1 aliphatic carbocycles. The third-order valence-electron chi connectivity index (χ3n) is 3.32. The Morgan fingerprint density at radius 2 is 2.32 bits per heavy atom. The van der Waals surface area contributed by atoms with Crippen LogP contribution >= 0.6 is 23.1 Å². The van der Waals surface area contributed by atoms with Crippen LogP contribution < -0.4 is 0 Å². The molecule has 0 aliphatic heterocycles. The van der Waals surface area contributed by atoms with Gasteiger partial charge in [0.1, 0.15) is 6.61 Å². The van der Waals surface area contributed by atoms with Crippen LogP contribution in [-0.4, -0.2) is 30.0 Å². The molecule has 1 fully saturated rings. The third kappa shape index (κ3) is 2.67. The molecule has 0 unspecified atom stereocenters. The van der Waals surface area contributed by atoms with Crippen LogP contribution in [0.15, 0.2) is 27.2 Å². The van der Waals surface area contributed by atoms with Gasteiger partial charge in [0.25, 0.3) is 0 Å². The zero-order valence-electron chi connectivity index (χ0n) is 11.5. The molecular formula is C13H13N5O2S2. The van der Waals surface area contributed by atoms with Gasteiger partial charge in [0.15, 0.2) is 11.0 Å². The molecule has 0 bridgehead atoms. The first-order valence-electron chi connectivity index (χ1n) is 6.89. The average Bonchev–Trinajstić information content (AvgIpc) is 3.01. The molecule has 0 aromatic carbocycles. The number of rotatable bonds is 6. The number of aliphatic hydroxyl groups is 1. The molecule has 0 radical (unpaired) electrons. The fraction of sp³-hybridized carbons (Fsp3) is 0.385. The zero-order valence-corrected chi connectivity index (χ0v) is 13.2. The molecule has 22 heavy (non-hydrogen) atoms. The van der Waals surface area contributed by atoms with Crippen LogP contribution in [0, 0.1) is 0 Å². The second kappa shape index (κ2) is 5.82. The molecular weight excluding hydrogens is 322 g/mol. The van der Waals surface area contributed by atoms with Crippen LogP contribution in [0.5, 0.6) is 0 Å². The molecule has 0 saturated heterocycles. The lowest BCUT2D eigenvalue weighted by atomic mass is 10.4. The topological polar surface area (TPSA) is 89.9 Å². The Balaban J connectivity index is 1.48. The van der Waals surface area contributed by atoms with Crippen molar-refractivity contribution in [3.8, 4) is 10.7 Å². The van der Waals surface area contributed by atoms with Gasteiger partial charge in [0.2, 0.25) is 11.7 Å². The van der Waals surface area contributed by atoms with Gasteiger partial charge in [-0.2, -0.15) is 4.98 Å². The molecule has 9 heteroatoms. The van der Waals surface area contributed by atoms with Crippen molar-refractivity contribution in [3.63, 3.8) is 0 Å². The second-order valence-electron chi connectivity index (χ2n) is 4.94. The Morgan fingerprint density at radius 1 is 1.41 bits per heavy atom. The minimum atomic E-state index is -0.0901. The average molecular weight is 335 g/mol. The van der Waals surface area contributed by atoms with Gasteiger partial charge in [-0.15, -0.1) is 21.5 Å². The van der Waals surface area contributed by atoms with Crippen LogP contribution in [-0.2, 0) is 12.4 Å². The monoisotopic (exact) mass is 335 g/mol. The van der Waals surface area contributed by atoms with E-state index in [1.807, 2.05) is 22.1 Å². The number of nitrogens with zero attached hydrogens (tertiary/aromatic N) is 5. The normalized spacial score (nSPS) is 14.6. The van der Waals surface area contributed by atoms with E-state index in [0.717, 1.165) is 22.9 Å². The van der Waals surface area contributed by atoms with Crippen molar-refractivity contribution in [3.05, 3.63) is 29.2 Å². The van der Waals surface area contributed by atoms with Gasteiger partial charge in [-0.05, 0) is 24.3 Å².